The summed E-state index contributed by atoms with van der Waals surface area (Å²) < 4.78 is 6.28. The number of benzene rings is 2. The van der Waals surface area contributed by atoms with Gasteiger partial charge in [-0.1, -0.05) is 22.9 Å². The van der Waals surface area contributed by atoms with E-state index in [2.05, 4.69) is 21.2 Å². The van der Waals surface area contributed by atoms with E-state index in [1.807, 2.05) is 19.1 Å². The quantitative estimate of drug-likeness (QED) is 0.572. The molecule has 0 fully saturated rings. The fraction of sp³-hybridized carbons (Fsp3) is 0.250. The summed E-state index contributed by atoms with van der Waals surface area (Å²) in [6.07, 6.45) is 0.563. The number of nitrogens with one attached hydrogen (secondary N) is 1. The van der Waals surface area contributed by atoms with Crippen molar-refractivity contribution in [2.24, 2.45) is 5.73 Å². The van der Waals surface area contributed by atoms with Gasteiger partial charge in [0.2, 0.25) is 0 Å². The Hall–Kier alpha value is -3.05. The molecule has 0 bridgehead atoms. The molecule has 0 aliphatic heterocycles. The predicted octanol–water partition coefficient (Wildman–Crippen LogP) is 3.16. The number of ether oxygens (including phenoxy) is 1. The van der Waals surface area contributed by atoms with Gasteiger partial charge in [0.15, 0.2) is 12.1 Å². The Morgan fingerprint density at radius 3 is 2.46 bits per heavy atom. The van der Waals surface area contributed by atoms with Crippen LogP contribution in [0.5, 0.6) is 5.75 Å². The van der Waals surface area contributed by atoms with E-state index in [1.165, 1.54) is 6.92 Å². The van der Waals surface area contributed by atoms with Crippen LogP contribution < -0.4 is 15.8 Å². The first-order valence-electron chi connectivity index (χ1n) is 8.47. The third kappa shape index (κ3) is 4.61. The molecule has 0 aromatic heterocycles. The zero-order valence-corrected chi connectivity index (χ0v) is 17.0. The maximum absolute atomic E-state index is 12.3. The second-order valence-electron chi connectivity index (χ2n) is 6.29. The summed E-state index contributed by atoms with van der Waals surface area (Å²) in [6, 6.07) is 11.9. The molecule has 0 aliphatic rings. The summed E-state index contributed by atoms with van der Waals surface area (Å²) in [6.45, 7) is 3.04. The molecule has 0 saturated heterocycles. The van der Waals surface area contributed by atoms with E-state index >= 15 is 0 Å². The van der Waals surface area contributed by atoms with Gasteiger partial charge >= 0.3 is 5.97 Å². The number of anilines is 1. The Morgan fingerprint density at radius 2 is 1.96 bits per heavy atom. The average Bonchev–Trinajstić information content (AvgIpc) is 2.66. The standard InChI is InChI=1S/C20H20BrN3O4/c1-3-13-8-14(21)9-16(18(13)28-11-17(23)25)20(2,19(26)27)24-15-6-4-12(10-22)5-7-15/h4-9,24H,3,11H2,1-2H3,(H2,23,25)(H,26,27). The largest absolute Gasteiger partial charge is 0.483 e. The number of hydrogen-bond acceptors (Lipinski definition) is 5. The molecule has 7 nitrogen and oxygen atoms in total. The minimum atomic E-state index is -1.57. The first-order valence-corrected chi connectivity index (χ1v) is 9.26. The Morgan fingerprint density at radius 1 is 1.32 bits per heavy atom. The van der Waals surface area contributed by atoms with E-state index in [-0.39, 0.29) is 6.61 Å². The van der Waals surface area contributed by atoms with Gasteiger partial charge in [0, 0.05) is 15.7 Å². The van der Waals surface area contributed by atoms with Gasteiger partial charge in [-0.15, -0.1) is 0 Å². The van der Waals surface area contributed by atoms with Crippen LogP contribution in [0.2, 0.25) is 0 Å². The van der Waals surface area contributed by atoms with Crippen molar-refractivity contribution in [1.29, 1.82) is 5.26 Å². The van der Waals surface area contributed by atoms with Crippen LogP contribution in [0.3, 0.4) is 0 Å². The van der Waals surface area contributed by atoms with Gasteiger partial charge in [-0.25, -0.2) is 4.79 Å². The molecule has 2 aromatic rings. The van der Waals surface area contributed by atoms with E-state index < -0.39 is 17.4 Å². The van der Waals surface area contributed by atoms with Crippen LogP contribution in [0.25, 0.3) is 0 Å². The van der Waals surface area contributed by atoms with Crippen LogP contribution in [-0.4, -0.2) is 23.6 Å². The first kappa shape index (κ1) is 21.3. The Bertz CT molecular complexity index is 938. The van der Waals surface area contributed by atoms with E-state index in [0.29, 0.717) is 33.5 Å². The molecule has 1 unspecified atom stereocenters. The smallest absolute Gasteiger partial charge is 0.333 e. The summed E-state index contributed by atoms with van der Waals surface area (Å²) >= 11 is 3.41. The molecule has 1 atom stereocenters. The highest BCUT2D eigenvalue weighted by molar-refractivity contribution is 9.10. The molecule has 2 aromatic carbocycles. The van der Waals surface area contributed by atoms with Gasteiger partial charge in [-0.05, 0) is 55.3 Å². The maximum atomic E-state index is 12.3. The number of carbonyl (C=O) groups is 2. The minimum absolute atomic E-state index is 0.301. The lowest BCUT2D eigenvalue weighted by atomic mass is 9.88. The topological polar surface area (TPSA) is 125 Å². The third-order valence-corrected chi connectivity index (χ3v) is 4.70. The monoisotopic (exact) mass is 445 g/mol. The number of aliphatic carboxylic acids is 1. The molecule has 4 N–H and O–H groups in total. The lowest BCUT2D eigenvalue weighted by Crippen LogP contribution is -2.41. The van der Waals surface area contributed by atoms with Crippen molar-refractivity contribution < 1.29 is 19.4 Å². The van der Waals surface area contributed by atoms with Crippen LogP contribution >= 0.6 is 15.9 Å². The van der Waals surface area contributed by atoms with Gasteiger partial charge in [0.25, 0.3) is 5.91 Å². The molecule has 0 saturated carbocycles. The summed E-state index contributed by atoms with van der Waals surface area (Å²) in [4.78, 5) is 23.5. The molecular formula is C20H20BrN3O4. The number of amides is 1. The molecule has 1 amide bonds. The van der Waals surface area contributed by atoms with Gasteiger partial charge in [-0.3, -0.25) is 4.79 Å². The first-order chi connectivity index (χ1) is 13.2. The van der Waals surface area contributed by atoms with E-state index in [1.54, 1.807) is 30.3 Å². The fourth-order valence-corrected chi connectivity index (χ4v) is 3.26. The van der Waals surface area contributed by atoms with Crippen molar-refractivity contribution >= 4 is 33.5 Å². The molecule has 0 heterocycles. The number of nitriles is 1. The lowest BCUT2D eigenvalue weighted by Gasteiger charge is -2.31. The molecule has 28 heavy (non-hydrogen) atoms. The van der Waals surface area contributed by atoms with Gasteiger partial charge < -0.3 is 20.9 Å². The van der Waals surface area contributed by atoms with Gasteiger partial charge in [0.05, 0.1) is 11.6 Å². The summed E-state index contributed by atoms with van der Waals surface area (Å²) in [5.74, 6) is -1.50. The zero-order chi connectivity index (χ0) is 20.9. The highest BCUT2D eigenvalue weighted by atomic mass is 79.9. The van der Waals surface area contributed by atoms with E-state index in [9.17, 15) is 14.7 Å². The van der Waals surface area contributed by atoms with Crippen LogP contribution in [0.15, 0.2) is 40.9 Å². The summed E-state index contributed by atoms with van der Waals surface area (Å²) in [7, 11) is 0. The molecule has 146 valence electrons. The number of primary amides is 1. The maximum Gasteiger partial charge on any atom is 0.333 e. The zero-order valence-electron chi connectivity index (χ0n) is 15.5. The number of nitrogens with two attached hydrogens (primary N) is 1. The number of halogens is 1. The molecule has 0 spiro atoms. The van der Waals surface area contributed by atoms with Gasteiger partial charge in [-0.2, -0.15) is 5.26 Å². The Balaban J connectivity index is 2.59. The normalized spacial score (nSPS) is 12.5. The highest BCUT2D eigenvalue weighted by Crippen LogP contribution is 2.38. The molecule has 0 aliphatic carbocycles. The molecule has 2 rings (SSSR count). The number of carbonyl (C=O) groups excluding carboxylic acids is 1. The number of carboxylic acid groups (broad SMARTS) is 1. The van der Waals surface area contributed by atoms with E-state index in [0.717, 1.165) is 5.56 Å². The van der Waals surface area contributed by atoms with Crippen molar-refractivity contribution in [3.63, 3.8) is 0 Å². The van der Waals surface area contributed by atoms with Crippen LogP contribution in [0.1, 0.15) is 30.5 Å². The summed E-state index contributed by atoms with van der Waals surface area (Å²) in [5.41, 5.74) is 5.68. The van der Waals surface area contributed by atoms with Crippen molar-refractivity contribution in [3.05, 3.63) is 57.6 Å². The minimum Gasteiger partial charge on any atom is -0.483 e. The van der Waals surface area contributed by atoms with Gasteiger partial charge in [0.1, 0.15) is 5.75 Å². The lowest BCUT2D eigenvalue weighted by molar-refractivity contribution is -0.142. The van der Waals surface area contributed by atoms with Crippen LogP contribution in [0.4, 0.5) is 5.69 Å². The Kier molecular flexibility index (Phi) is 6.65. The SMILES string of the molecule is CCc1cc(Br)cc(C(C)(Nc2ccc(C#N)cc2)C(=O)O)c1OCC(N)=O. The fourth-order valence-electron chi connectivity index (χ4n) is 2.75. The summed E-state index contributed by atoms with van der Waals surface area (Å²) in [5, 5.41) is 22.0. The van der Waals surface area contributed by atoms with E-state index in [4.69, 9.17) is 15.7 Å². The van der Waals surface area contributed by atoms with Crippen molar-refractivity contribution in [2.45, 2.75) is 25.8 Å². The Labute approximate surface area is 171 Å². The second-order valence-corrected chi connectivity index (χ2v) is 7.21. The van der Waals surface area contributed by atoms with Crippen LogP contribution in [0, 0.1) is 11.3 Å². The molecular weight excluding hydrogens is 426 g/mol. The predicted molar refractivity (Wildman–Crippen MR) is 108 cm³/mol. The number of carboxylic acids is 1. The van der Waals surface area contributed by atoms with Crippen molar-refractivity contribution in [1.82, 2.24) is 0 Å². The molecule has 8 heteroatoms. The number of rotatable bonds is 8. The average molecular weight is 446 g/mol. The number of nitrogens with zero attached hydrogens (tertiary/aromatic N) is 1. The molecule has 0 radical (unpaired) electrons. The third-order valence-electron chi connectivity index (χ3n) is 4.25. The number of hydrogen-bond donors (Lipinski definition) is 3. The second kappa shape index (κ2) is 8.76. The van der Waals surface area contributed by atoms with Crippen molar-refractivity contribution in [2.75, 3.05) is 11.9 Å². The highest BCUT2D eigenvalue weighted by Gasteiger charge is 2.39. The van der Waals surface area contributed by atoms with Crippen LogP contribution in [-0.2, 0) is 21.5 Å². The number of aryl methyl sites for hydroxylation is 1. The van der Waals surface area contributed by atoms with Crippen molar-refractivity contribution in [3.8, 4) is 11.8 Å².